The predicted molar refractivity (Wildman–Crippen MR) is 110 cm³/mol. The lowest BCUT2D eigenvalue weighted by Crippen LogP contribution is -2.17. The molecule has 0 saturated carbocycles. The molecule has 0 unspecified atom stereocenters. The van der Waals surface area contributed by atoms with Gasteiger partial charge in [-0.25, -0.2) is 5.43 Å². The highest BCUT2D eigenvalue weighted by Gasteiger charge is 2.06. The third-order valence-corrected chi connectivity index (χ3v) is 4.35. The van der Waals surface area contributed by atoms with Gasteiger partial charge in [0, 0.05) is 21.7 Å². The molecule has 0 spiro atoms. The van der Waals surface area contributed by atoms with Gasteiger partial charge in [-0.2, -0.15) is 5.10 Å². The van der Waals surface area contributed by atoms with Crippen LogP contribution in [0.3, 0.4) is 0 Å². The zero-order valence-corrected chi connectivity index (χ0v) is 16.0. The van der Waals surface area contributed by atoms with Gasteiger partial charge in [0.1, 0.15) is 18.1 Å². The molecule has 1 N–H and O–H groups in total. The number of methoxy groups -OCH3 is 1. The smallest absolute Gasteiger partial charge is 0.271 e. The molecule has 1 amide bonds. The Morgan fingerprint density at radius 2 is 1.75 bits per heavy atom. The van der Waals surface area contributed by atoms with Crippen LogP contribution in [-0.4, -0.2) is 19.2 Å². The second-order valence-electron chi connectivity index (χ2n) is 5.85. The molecular formula is C22H19ClN2O3. The van der Waals surface area contributed by atoms with Crippen molar-refractivity contribution >= 4 is 23.7 Å². The van der Waals surface area contributed by atoms with E-state index in [9.17, 15) is 4.79 Å². The minimum atomic E-state index is -0.312. The summed E-state index contributed by atoms with van der Waals surface area (Å²) in [4.78, 5) is 12.2. The Labute approximate surface area is 168 Å². The zero-order valence-electron chi connectivity index (χ0n) is 15.3. The average Bonchev–Trinajstić information content (AvgIpc) is 2.74. The summed E-state index contributed by atoms with van der Waals surface area (Å²) in [6, 6.07) is 21.7. The summed E-state index contributed by atoms with van der Waals surface area (Å²) in [6.45, 7) is 0.336. The molecule has 0 radical (unpaired) electrons. The van der Waals surface area contributed by atoms with Crippen LogP contribution >= 0.6 is 11.6 Å². The van der Waals surface area contributed by atoms with Crippen LogP contribution in [0.25, 0.3) is 0 Å². The SMILES string of the molecule is COc1ccc(C(=O)N/N=C/c2ccccc2OCc2ccccc2Cl)cc1. The van der Waals surface area contributed by atoms with Crippen LogP contribution in [0.4, 0.5) is 0 Å². The van der Waals surface area contributed by atoms with Crippen molar-refractivity contribution in [3.63, 3.8) is 0 Å². The molecule has 0 aliphatic heterocycles. The average molecular weight is 395 g/mol. The Morgan fingerprint density at radius 1 is 1.04 bits per heavy atom. The number of hydrogen-bond donors (Lipinski definition) is 1. The van der Waals surface area contributed by atoms with Gasteiger partial charge in [0.15, 0.2) is 0 Å². The minimum Gasteiger partial charge on any atom is -0.497 e. The van der Waals surface area contributed by atoms with Crippen molar-refractivity contribution in [1.82, 2.24) is 5.43 Å². The molecule has 3 aromatic rings. The second-order valence-corrected chi connectivity index (χ2v) is 6.25. The highest BCUT2D eigenvalue weighted by molar-refractivity contribution is 6.31. The Morgan fingerprint density at radius 3 is 2.50 bits per heavy atom. The largest absolute Gasteiger partial charge is 0.497 e. The first-order valence-corrected chi connectivity index (χ1v) is 8.98. The number of carbonyl (C=O) groups excluding carboxylic acids is 1. The van der Waals surface area contributed by atoms with Gasteiger partial charge in [0.25, 0.3) is 5.91 Å². The van der Waals surface area contributed by atoms with Crippen LogP contribution in [0.5, 0.6) is 11.5 Å². The van der Waals surface area contributed by atoms with Crippen LogP contribution in [-0.2, 0) is 6.61 Å². The van der Waals surface area contributed by atoms with E-state index in [0.29, 0.717) is 28.7 Å². The van der Waals surface area contributed by atoms with E-state index < -0.39 is 0 Å². The summed E-state index contributed by atoms with van der Waals surface area (Å²) < 4.78 is 10.9. The van der Waals surface area contributed by atoms with Gasteiger partial charge in [-0.1, -0.05) is 41.9 Å². The molecule has 28 heavy (non-hydrogen) atoms. The van der Waals surface area contributed by atoms with Crippen molar-refractivity contribution in [2.24, 2.45) is 5.10 Å². The van der Waals surface area contributed by atoms with Gasteiger partial charge in [-0.15, -0.1) is 0 Å². The van der Waals surface area contributed by atoms with Crippen molar-refractivity contribution in [2.75, 3.05) is 7.11 Å². The Balaban J connectivity index is 1.63. The Hall–Kier alpha value is -3.31. The number of hydrazone groups is 1. The van der Waals surface area contributed by atoms with Crippen molar-refractivity contribution in [3.8, 4) is 11.5 Å². The molecule has 3 aromatic carbocycles. The molecule has 0 fully saturated rings. The lowest BCUT2D eigenvalue weighted by molar-refractivity contribution is 0.0955. The first kappa shape index (κ1) is 19.5. The van der Waals surface area contributed by atoms with Crippen molar-refractivity contribution < 1.29 is 14.3 Å². The highest BCUT2D eigenvalue weighted by atomic mass is 35.5. The number of nitrogens with one attached hydrogen (secondary N) is 1. The third kappa shape index (κ3) is 5.11. The molecule has 5 nitrogen and oxygen atoms in total. The fraction of sp³-hybridized carbons (Fsp3) is 0.0909. The van der Waals surface area contributed by atoms with E-state index in [0.717, 1.165) is 11.1 Å². The van der Waals surface area contributed by atoms with E-state index in [1.807, 2.05) is 48.5 Å². The number of para-hydroxylation sites is 1. The molecule has 0 aliphatic rings. The quantitative estimate of drug-likeness (QED) is 0.467. The van der Waals surface area contributed by atoms with Gasteiger partial charge in [-0.3, -0.25) is 4.79 Å². The zero-order chi connectivity index (χ0) is 19.8. The number of benzene rings is 3. The molecule has 3 rings (SSSR count). The maximum absolute atomic E-state index is 12.2. The van der Waals surface area contributed by atoms with Crippen LogP contribution < -0.4 is 14.9 Å². The molecule has 6 heteroatoms. The van der Waals surface area contributed by atoms with E-state index >= 15 is 0 Å². The number of amides is 1. The van der Waals surface area contributed by atoms with Gasteiger partial charge >= 0.3 is 0 Å². The summed E-state index contributed by atoms with van der Waals surface area (Å²) in [6.07, 6.45) is 1.54. The van der Waals surface area contributed by atoms with E-state index in [2.05, 4.69) is 10.5 Å². The maximum atomic E-state index is 12.2. The molecule has 0 bridgehead atoms. The first-order valence-electron chi connectivity index (χ1n) is 8.60. The third-order valence-electron chi connectivity index (χ3n) is 3.98. The number of nitrogens with zero attached hydrogens (tertiary/aromatic N) is 1. The molecule has 0 aliphatic carbocycles. The van der Waals surface area contributed by atoms with Crippen LogP contribution in [0.1, 0.15) is 21.5 Å². The highest BCUT2D eigenvalue weighted by Crippen LogP contribution is 2.21. The van der Waals surface area contributed by atoms with Crippen LogP contribution in [0, 0.1) is 0 Å². The van der Waals surface area contributed by atoms with E-state index in [4.69, 9.17) is 21.1 Å². The van der Waals surface area contributed by atoms with Crippen LogP contribution in [0.15, 0.2) is 77.9 Å². The number of ether oxygens (including phenoxy) is 2. The Bertz CT molecular complexity index is 972. The van der Waals surface area contributed by atoms with Gasteiger partial charge in [-0.05, 0) is 42.5 Å². The molecule has 0 saturated heterocycles. The van der Waals surface area contributed by atoms with Crippen LogP contribution in [0.2, 0.25) is 5.02 Å². The summed E-state index contributed by atoms with van der Waals surface area (Å²) >= 11 is 6.16. The molecule has 0 heterocycles. The van der Waals surface area contributed by atoms with Gasteiger partial charge in [0.05, 0.1) is 13.3 Å². The van der Waals surface area contributed by atoms with E-state index in [1.165, 1.54) is 0 Å². The normalized spacial score (nSPS) is 10.6. The van der Waals surface area contributed by atoms with Crippen molar-refractivity contribution in [1.29, 1.82) is 0 Å². The molecule has 142 valence electrons. The molecule has 0 atom stereocenters. The first-order chi connectivity index (χ1) is 13.7. The monoisotopic (exact) mass is 394 g/mol. The number of rotatable bonds is 7. The number of hydrogen-bond acceptors (Lipinski definition) is 4. The lowest BCUT2D eigenvalue weighted by Gasteiger charge is -2.10. The minimum absolute atomic E-state index is 0.312. The van der Waals surface area contributed by atoms with Crippen molar-refractivity contribution in [3.05, 3.63) is 94.5 Å². The summed E-state index contributed by atoms with van der Waals surface area (Å²) in [5, 5.41) is 4.69. The number of halogens is 1. The standard InChI is InChI=1S/C22H19ClN2O3/c1-27-19-12-10-16(11-13-19)22(26)25-24-14-17-6-3-5-9-21(17)28-15-18-7-2-4-8-20(18)23/h2-14H,15H2,1H3,(H,25,26)/b24-14+. The number of carbonyl (C=O) groups is 1. The second kappa shape index (κ2) is 9.58. The topological polar surface area (TPSA) is 59.9 Å². The summed E-state index contributed by atoms with van der Waals surface area (Å²) in [5.74, 6) is 1.02. The fourth-order valence-corrected chi connectivity index (χ4v) is 2.65. The Kier molecular flexibility index (Phi) is 6.65. The predicted octanol–water partition coefficient (Wildman–Crippen LogP) is 4.69. The van der Waals surface area contributed by atoms with E-state index in [-0.39, 0.29) is 5.91 Å². The van der Waals surface area contributed by atoms with Gasteiger partial charge in [0.2, 0.25) is 0 Å². The molecule has 0 aromatic heterocycles. The summed E-state index contributed by atoms with van der Waals surface area (Å²) in [7, 11) is 1.57. The molecular weight excluding hydrogens is 376 g/mol. The lowest BCUT2D eigenvalue weighted by atomic mass is 10.2. The van der Waals surface area contributed by atoms with Crippen molar-refractivity contribution in [2.45, 2.75) is 6.61 Å². The fourth-order valence-electron chi connectivity index (χ4n) is 2.46. The van der Waals surface area contributed by atoms with E-state index in [1.54, 1.807) is 37.6 Å². The van der Waals surface area contributed by atoms with Gasteiger partial charge < -0.3 is 9.47 Å². The maximum Gasteiger partial charge on any atom is 0.271 e. The summed E-state index contributed by atoms with van der Waals surface area (Å²) in [5.41, 5.74) is 4.63.